The zero-order valence-electron chi connectivity index (χ0n) is 15.5. The molecule has 0 bridgehead atoms. The summed E-state index contributed by atoms with van der Waals surface area (Å²) in [7, 11) is 0. The second kappa shape index (κ2) is 9.67. The number of carbonyl (C=O) groups is 1. The molecule has 0 saturated carbocycles. The maximum absolute atomic E-state index is 12.2. The van der Waals surface area contributed by atoms with Gasteiger partial charge in [0.1, 0.15) is 0 Å². The summed E-state index contributed by atoms with van der Waals surface area (Å²) in [5.41, 5.74) is 3.73. The van der Waals surface area contributed by atoms with Crippen LogP contribution in [0.5, 0.6) is 0 Å². The second-order valence-electron chi connectivity index (χ2n) is 6.59. The fraction of sp³-hybridized carbons (Fsp3) is 0.286. The topological polar surface area (TPSA) is 54.9 Å². The monoisotopic (exact) mass is 397 g/mol. The predicted octanol–water partition coefficient (Wildman–Crippen LogP) is 5.53. The maximum Gasteiger partial charge on any atom is 0.226 e. The van der Waals surface area contributed by atoms with Gasteiger partial charge in [0, 0.05) is 12.2 Å². The van der Waals surface area contributed by atoms with Crippen molar-refractivity contribution in [2.45, 2.75) is 42.7 Å². The van der Waals surface area contributed by atoms with Crippen molar-refractivity contribution in [3.05, 3.63) is 71.3 Å². The van der Waals surface area contributed by atoms with Gasteiger partial charge in [-0.15, -0.1) is 10.2 Å². The Balaban J connectivity index is 1.44. The quantitative estimate of drug-likeness (QED) is 0.401. The van der Waals surface area contributed by atoms with Crippen molar-refractivity contribution in [3.8, 4) is 0 Å². The SMILES string of the molecule is CC(C)c1ccc(CCC(=O)Nc2nnc(SCc3ccccc3)s2)cc1. The summed E-state index contributed by atoms with van der Waals surface area (Å²) in [5.74, 6) is 1.34. The fourth-order valence-corrected chi connectivity index (χ4v) is 4.27. The van der Waals surface area contributed by atoms with Crippen LogP contribution in [-0.4, -0.2) is 16.1 Å². The van der Waals surface area contributed by atoms with E-state index in [-0.39, 0.29) is 5.91 Å². The van der Waals surface area contributed by atoms with Crippen LogP contribution in [0.1, 0.15) is 42.9 Å². The van der Waals surface area contributed by atoms with E-state index in [0.29, 0.717) is 17.5 Å². The predicted molar refractivity (Wildman–Crippen MR) is 113 cm³/mol. The molecule has 0 fully saturated rings. The van der Waals surface area contributed by atoms with E-state index in [1.807, 2.05) is 18.2 Å². The summed E-state index contributed by atoms with van der Waals surface area (Å²) in [5, 5.41) is 11.6. The molecule has 140 valence electrons. The minimum absolute atomic E-state index is 0.0290. The average Bonchev–Trinajstić information content (AvgIpc) is 3.13. The van der Waals surface area contributed by atoms with Gasteiger partial charge in [0.25, 0.3) is 0 Å². The van der Waals surface area contributed by atoms with Gasteiger partial charge < -0.3 is 5.32 Å². The highest BCUT2D eigenvalue weighted by molar-refractivity contribution is 8.00. The van der Waals surface area contributed by atoms with Crippen molar-refractivity contribution in [2.75, 3.05) is 5.32 Å². The van der Waals surface area contributed by atoms with E-state index in [2.05, 4.69) is 65.8 Å². The summed E-state index contributed by atoms with van der Waals surface area (Å²) < 4.78 is 0.860. The maximum atomic E-state index is 12.2. The van der Waals surface area contributed by atoms with Gasteiger partial charge >= 0.3 is 0 Å². The van der Waals surface area contributed by atoms with Gasteiger partial charge in [-0.3, -0.25) is 4.79 Å². The van der Waals surface area contributed by atoms with Crippen molar-refractivity contribution in [3.63, 3.8) is 0 Å². The molecular weight excluding hydrogens is 374 g/mol. The Morgan fingerprint density at radius 2 is 1.78 bits per heavy atom. The largest absolute Gasteiger partial charge is 0.300 e. The first-order chi connectivity index (χ1) is 13.1. The number of aromatic nitrogens is 2. The van der Waals surface area contributed by atoms with Crippen LogP contribution >= 0.6 is 23.1 Å². The molecule has 0 aliphatic carbocycles. The van der Waals surface area contributed by atoms with Crippen LogP contribution in [0.25, 0.3) is 0 Å². The van der Waals surface area contributed by atoms with Gasteiger partial charge in [-0.25, -0.2) is 0 Å². The molecule has 1 N–H and O–H groups in total. The van der Waals surface area contributed by atoms with Crippen molar-refractivity contribution in [1.29, 1.82) is 0 Å². The molecule has 0 aliphatic rings. The molecule has 1 heterocycles. The molecule has 0 atom stereocenters. The van der Waals surface area contributed by atoms with Crippen LogP contribution in [0.15, 0.2) is 58.9 Å². The number of anilines is 1. The summed E-state index contributed by atoms with van der Waals surface area (Å²) >= 11 is 3.04. The number of nitrogens with one attached hydrogen (secondary N) is 1. The first-order valence-electron chi connectivity index (χ1n) is 8.99. The third kappa shape index (κ3) is 6.19. The fourth-order valence-electron chi connectivity index (χ4n) is 2.55. The van der Waals surface area contributed by atoms with Crippen molar-refractivity contribution >= 4 is 34.1 Å². The standard InChI is InChI=1S/C21H23N3OS2/c1-15(2)18-11-8-16(9-12-18)10-13-19(25)22-20-23-24-21(27-20)26-14-17-6-4-3-5-7-17/h3-9,11-12,15H,10,13-14H2,1-2H3,(H,22,23,25). The van der Waals surface area contributed by atoms with Crippen LogP contribution < -0.4 is 5.32 Å². The smallest absolute Gasteiger partial charge is 0.226 e. The van der Waals surface area contributed by atoms with Crippen LogP contribution in [-0.2, 0) is 17.0 Å². The molecule has 27 heavy (non-hydrogen) atoms. The Bertz CT molecular complexity index is 861. The van der Waals surface area contributed by atoms with E-state index < -0.39 is 0 Å². The van der Waals surface area contributed by atoms with Crippen LogP contribution in [0.4, 0.5) is 5.13 Å². The molecule has 1 amide bonds. The van der Waals surface area contributed by atoms with Gasteiger partial charge in [0.15, 0.2) is 4.34 Å². The number of carbonyl (C=O) groups excluding carboxylic acids is 1. The third-order valence-electron chi connectivity index (χ3n) is 4.15. The van der Waals surface area contributed by atoms with E-state index in [1.54, 1.807) is 11.8 Å². The highest BCUT2D eigenvalue weighted by Crippen LogP contribution is 2.28. The third-order valence-corrected chi connectivity index (χ3v) is 6.19. The molecule has 0 radical (unpaired) electrons. The zero-order valence-corrected chi connectivity index (χ0v) is 17.1. The van der Waals surface area contributed by atoms with Crippen LogP contribution in [0.3, 0.4) is 0 Å². The van der Waals surface area contributed by atoms with Crippen molar-refractivity contribution in [1.82, 2.24) is 10.2 Å². The molecule has 4 nitrogen and oxygen atoms in total. The summed E-state index contributed by atoms with van der Waals surface area (Å²) in [6.45, 7) is 4.35. The zero-order chi connectivity index (χ0) is 19.1. The number of hydrogen-bond acceptors (Lipinski definition) is 5. The summed E-state index contributed by atoms with van der Waals surface area (Å²) in [4.78, 5) is 12.2. The van der Waals surface area contributed by atoms with Gasteiger partial charge in [-0.05, 0) is 29.0 Å². The van der Waals surface area contributed by atoms with Crippen LogP contribution in [0.2, 0.25) is 0 Å². The van der Waals surface area contributed by atoms with Gasteiger partial charge in [-0.2, -0.15) is 0 Å². The Morgan fingerprint density at radius 1 is 1.04 bits per heavy atom. The van der Waals surface area contributed by atoms with Gasteiger partial charge in [0.2, 0.25) is 11.0 Å². The van der Waals surface area contributed by atoms with E-state index in [1.165, 1.54) is 28.0 Å². The lowest BCUT2D eigenvalue weighted by Gasteiger charge is -2.06. The molecule has 2 aromatic carbocycles. The minimum atomic E-state index is -0.0290. The molecule has 3 aromatic rings. The second-order valence-corrected chi connectivity index (χ2v) is 8.79. The number of aryl methyl sites for hydroxylation is 1. The normalized spacial score (nSPS) is 10.9. The first-order valence-corrected chi connectivity index (χ1v) is 10.8. The highest BCUT2D eigenvalue weighted by Gasteiger charge is 2.09. The number of benzene rings is 2. The molecule has 0 aliphatic heterocycles. The summed E-state index contributed by atoms with van der Waals surface area (Å²) in [6, 6.07) is 18.7. The number of hydrogen-bond donors (Lipinski definition) is 1. The van der Waals surface area contributed by atoms with Gasteiger partial charge in [0.05, 0.1) is 0 Å². The molecule has 0 saturated heterocycles. The lowest BCUT2D eigenvalue weighted by molar-refractivity contribution is -0.116. The van der Waals surface area contributed by atoms with Crippen molar-refractivity contribution < 1.29 is 4.79 Å². The molecule has 3 rings (SSSR count). The Morgan fingerprint density at radius 3 is 2.48 bits per heavy atom. The molecule has 6 heteroatoms. The Hall–Kier alpha value is -2.18. The number of thioether (sulfide) groups is 1. The lowest BCUT2D eigenvalue weighted by atomic mass is 10.0. The highest BCUT2D eigenvalue weighted by atomic mass is 32.2. The molecule has 0 spiro atoms. The number of rotatable bonds is 8. The van der Waals surface area contributed by atoms with E-state index in [0.717, 1.165) is 16.5 Å². The van der Waals surface area contributed by atoms with E-state index in [9.17, 15) is 4.79 Å². The number of amides is 1. The van der Waals surface area contributed by atoms with Gasteiger partial charge in [-0.1, -0.05) is 91.5 Å². The summed E-state index contributed by atoms with van der Waals surface area (Å²) in [6.07, 6.45) is 1.16. The van der Waals surface area contributed by atoms with Crippen molar-refractivity contribution in [2.24, 2.45) is 0 Å². The molecule has 1 aromatic heterocycles. The first kappa shape index (κ1) is 19.6. The Kier molecular flexibility index (Phi) is 7.01. The lowest BCUT2D eigenvalue weighted by Crippen LogP contribution is -2.12. The Labute approximate surface area is 168 Å². The average molecular weight is 398 g/mol. The molecular formula is C21H23N3OS2. The van der Waals surface area contributed by atoms with E-state index >= 15 is 0 Å². The van der Waals surface area contributed by atoms with Crippen LogP contribution in [0, 0.1) is 0 Å². The van der Waals surface area contributed by atoms with E-state index in [4.69, 9.17) is 0 Å². The molecule has 0 unspecified atom stereocenters. The number of nitrogens with zero attached hydrogens (tertiary/aromatic N) is 2. The minimum Gasteiger partial charge on any atom is -0.300 e.